The first-order chi connectivity index (χ1) is 7.06. The second-order valence-corrected chi connectivity index (χ2v) is 3.68. The van der Waals surface area contributed by atoms with Gasteiger partial charge in [0.1, 0.15) is 5.88 Å². The summed E-state index contributed by atoms with van der Waals surface area (Å²) in [4.78, 5) is 23.9. The van der Waals surface area contributed by atoms with Gasteiger partial charge >= 0.3 is 0 Å². The molecule has 6 heteroatoms. The van der Waals surface area contributed by atoms with Gasteiger partial charge in [0.2, 0.25) is 11.8 Å². The fourth-order valence-corrected chi connectivity index (χ4v) is 1.01. The van der Waals surface area contributed by atoms with Crippen LogP contribution >= 0.6 is 11.6 Å². The molecule has 0 bridgehead atoms. The van der Waals surface area contributed by atoms with Crippen LogP contribution in [0.4, 0.5) is 0 Å². The molecule has 0 spiro atoms. The van der Waals surface area contributed by atoms with Crippen LogP contribution in [0.3, 0.4) is 0 Å². The molecule has 0 aliphatic rings. The van der Waals surface area contributed by atoms with E-state index in [1.165, 1.54) is 0 Å². The highest BCUT2D eigenvalue weighted by molar-refractivity contribution is 6.27. The van der Waals surface area contributed by atoms with Crippen molar-refractivity contribution < 1.29 is 9.59 Å². The van der Waals surface area contributed by atoms with Crippen molar-refractivity contribution in [1.82, 2.24) is 15.5 Å². The van der Waals surface area contributed by atoms with Crippen molar-refractivity contribution in [2.75, 3.05) is 39.6 Å². The van der Waals surface area contributed by atoms with E-state index in [-0.39, 0.29) is 24.2 Å². The molecule has 0 atom stereocenters. The van der Waals surface area contributed by atoms with Gasteiger partial charge in [0.05, 0.1) is 6.54 Å². The van der Waals surface area contributed by atoms with E-state index in [0.717, 1.165) is 13.0 Å². The first kappa shape index (κ1) is 14.2. The first-order valence-electron chi connectivity index (χ1n) is 4.80. The molecule has 0 aliphatic heterocycles. The summed E-state index contributed by atoms with van der Waals surface area (Å²) >= 11 is 5.25. The van der Waals surface area contributed by atoms with Gasteiger partial charge in [-0.15, -0.1) is 11.6 Å². The Morgan fingerprint density at radius 1 is 1.20 bits per heavy atom. The second-order valence-electron chi connectivity index (χ2n) is 3.42. The quantitative estimate of drug-likeness (QED) is 0.458. The van der Waals surface area contributed by atoms with Crippen molar-refractivity contribution in [3.63, 3.8) is 0 Å². The molecule has 5 nitrogen and oxygen atoms in total. The van der Waals surface area contributed by atoms with Crippen molar-refractivity contribution in [2.24, 2.45) is 0 Å². The zero-order valence-corrected chi connectivity index (χ0v) is 9.93. The molecule has 0 aromatic heterocycles. The molecule has 2 amide bonds. The van der Waals surface area contributed by atoms with Gasteiger partial charge in [0.25, 0.3) is 0 Å². The average Bonchev–Trinajstić information content (AvgIpc) is 2.20. The van der Waals surface area contributed by atoms with E-state index in [0.29, 0.717) is 6.54 Å². The molecular weight excluding hydrogens is 218 g/mol. The minimum Gasteiger partial charge on any atom is -0.355 e. The highest BCUT2D eigenvalue weighted by atomic mass is 35.5. The van der Waals surface area contributed by atoms with Gasteiger partial charge in [0, 0.05) is 6.54 Å². The molecule has 0 unspecified atom stereocenters. The topological polar surface area (TPSA) is 61.4 Å². The van der Waals surface area contributed by atoms with Crippen molar-refractivity contribution in [3.8, 4) is 0 Å². The van der Waals surface area contributed by atoms with E-state index in [1.807, 2.05) is 19.0 Å². The maximum Gasteiger partial charge on any atom is 0.239 e. The number of amides is 2. The van der Waals surface area contributed by atoms with Crippen LogP contribution in [-0.4, -0.2) is 56.3 Å². The normalized spacial score (nSPS) is 10.1. The summed E-state index contributed by atoms with van der Waals surface area (Å²) in [6.07, 6.45) is 0.891. The van der Waals surface area contributed by atoms with Crippen LogP contribution in [0.15, 0.2) is 0 Å². The second kappa shape index (κ2) is 8.49. The zero-order valence-electron chi connectivity index (χ0n) is 9.18. The van der Waals surface area contributed by atoms with Crippen molar-refractivity contribution >= 4 is 23.4 Å². The third kappa shape index (κ3) is 9.49. The van der Waals surface area contributed by atoms with Crippen molar-refractivity contribution in [3.05, 3.63) is 0 Å². The summed E-state index contributed by atoms with van der Waals surface area (Å²) in [5.74, 6) is -0.638. The lowest BCUT2D eigenvalue weighted by Crippen LogP contribution is -2.38. The van der Waals surface area contributed by atoms with E-state index in [2.05, 4.69) is 10.6 Å². The lowest BCUT2D eigenvalue weighted by molar-refractivity contribution is -0.124. The summed E-state index contributed by atoms with van der Waals surface area (Å²) in [7, 11) is 3.95. The van der Waals surface area contributed by atoms with Gasteiger partial charge < -0.3 is 15.5 Å². The van der Waals surface area contributed by atoms with Crippen LogP contribution in [-0.2, 0) is 9.59 Å². The SMILES string of the molecule is CN(C)CCCNC(=O)CNC(=O)CCl. The summed E-state index contributed by atoms with van der Waals surface area (Å²) in [5, 5.41) is 5.08. The molecule has 0 aromatic carbocycles. The summed E-state index contributed by atoms with van der Waals surface area (Å²) in [6.45, 7) is 1.54. The molecule has 0 radical (unpaired) electrons. The Morgan fingerprint density at radius 2 is 1.87 bits per heavy atom. The standard InChI is InChI=1S/C9H18ClN3O2/c1-13(2)5-3-4-11-9(15)7-12-8(14)6-10/h3-7H2,1-2H3,(H,11,15)(H,12,14). The Bertz CT molecular complexity index is 210. The van der Waals surface area contributed by atoms with E-state index in [9.17, 15) is 9.59 Å². The third-order valence-electron chi connectivity index (χ3n) is 1.67. The Hall–Kier alpha value is -0.810. The Labute approximate surface area is 95.1 Å². The van der Waals surface area contributed by atoms with E-state index >= 15 is 0 Å². The highest BCUT2D eigenvalue weighted by Crippen LogP contribution is 1.80. The fraction of sp³-hybridized carbons (Fsp3) is 0.778. The van der Waals surface area contributed by atoms with E-state index in [4.69, 9.17) is 11.6 Å². The minimum atomic E-state index is -0.333. The number of nitrogens with one attached hydrogen (secondary N) is 2. The summed E-state index contributed by atoms with van der Waals surface area (Å²) in [5.41, 5.74) is 0. The Kier molecular flexibility index (Phi) is 8.04. The van der Waals surface area contributed by atoms with Gasteiger partial charge in [0.15, 0.2) is 0 Å². The molecule has 0 fully saturated rings. The molecule has 0 aromatic rings. The Morgan fingerprint density at radius 3 is 2.40 bits per heavy atom. The summed E-state index contributed by atoms with van der Waals surface area (Å²) < 4.78 is 0. The number of hydrogen-bond acceptors (Lipinski definition) is 3. The van der Waals surface area contributed by atoms with Crippen molar-refractivity contribution in [1.29, 1.82) is 0 Å². The van der Waals surface area contributed by atoms with Gasteiger partial charge in [-0.1, -0.05) is 0 Å². The summed E-state index contributed by atoms with van der Waals surface area (Å²) in [6, 6.07) is 0. The van der Waals surface area contributed by atoms with Crippen LogP contribution < -0.4 is 10.6 Å². The lowest BCUT2D eigenvalue weighted by atomic mass is 10.4. The predicted molar refractivity (Wildman–Crippen MR) is 59.9 cm³/mol. The van der Waals surface area contributed by atoms with Crippen molar-refractivity contribution in [2.45, 2.75) is 6.42 Å². The number of alkyl halides is 1. The molecule has 15 heavy (non-hydrogen) atoms. The number of hydrogen-bond donors (Lipinski definition) is 2. The van der Waals surface area contributed by atoms with E-state index < -0.39 is 0 Å². The number of halogens is 1. The van der Waals surface area contributed by atoms with Crippen LogP contribution in [0.25, 0.3) is 0 Å². The van der Waals surface area contributed by atoms with Gasteiger partial charge in [-0.05, 0) is 27.1 Å². The number of carbonyl (C=O) groups is 2. The van der Waals surface area contributed by atoms with Crippen LogP contribution in [0.1, 0.15) is 6.42 Å². The molecule has 88 valence electrons. The number of carbonyl (C=O) groups excluding carboxylic acids is 2. The van der Waals surface area contributed by atoms with Crippen LogP contribution in [0.5, 0.6) is 0 Å². The maximum absolute atomic E-state index is 11.1. The molecule has 0 heterocycles. The smallest absolute Gasteiger partial charge is 0.239 e. The average molecular weight is 236 g/mol. The highest BCUT2D eigenvalue weighted by Gasteiger charge is 2.03. The van der Waals surface area contributed by atoms with Gasteiger partial charge in [-0.25, -0.2) is 0 Å². The van der Waals surface area contributed by atoms with Crippen LogP contribution in [0.2, 0.25) is 0 Å². The molecule has 0 saturated carbocycles. The zero-order chi connectivity index (χ0) is 11.7. The number of nitrogens with zero attached hydrogens (tertiary/aromatic N) is 1. The predicted octanol–water partition coefficient (Wildman–Crippen LogP) is -0.591. The molecule has 0 aliphatic carbocycles. The van der Waals surface area contributed by atoms with Crippen LogP contribution in [0, 0.1) is 0 Å². The maximum atomic E-state index is 11.1. The molecule has 2 N–H and O–H groups in total. The minimum absolute atomic E-state index is 0.00643. The Balaban J connectivity index is 3.37. The number of rotatable bonds is 7. The first-order valence-corrected chi connectivity index (χ1v) is 5.33. The van der Waals surface area contributed by atoms with Gasteiger partial charge in [-0.2, -0.15) is 0 Å². The third-order valence-corrected chi connectivity index (χ3v) is 1.91. The monoisotopic (exact) mass is 235 g/mol. The molecule has 0 saturated heterocycles. The largest absolute Gasteiger partial charge is 0.355 e. The van der Waals surface area contributed by atoms with Gasteiger partial charge in [-0.3, -0.25) is 9.59 Å². The molecular formula is C9H18ClN3O2. The lowest BCUT2D eigenvalue weighted by Gasteiger charge is -2.09. The fourth-order valence-electron chi connectivity index (χ4n) is 0.912. The van der Waals surface area contributed by atoms with E-state index in [1.54, 1.807) is 0 Å². The molecule has 0 rings (SSSR count).